The lowest BCUT2D eigenvalue weighted by Gasteiger charge is -2.35. The van der Waals surface area contributed by atoms with Crippen molar-refractivity contribution in [2.75, 3.05) is 7.11 Å². The Morgan fingerprint density at radius 3 is 1.38 bits per heavy atom. The summed E-state index contributed by atoms with van der Waals surface area (Å²) >= 11 is 0. The summed E-state index contributed by atoms with van der Waals surface area (Å²) in [5.74, 6) is -0.225. The second-order valence-electron chi connectivity index (χ2n) is 19.1. The van der Waals surface area contributed by atoms with Gasteiger partial charge in [0.05, 0.1) is 12.7 Å². The molecule has 6 rings (SSSR count). The van der Waals surface area contributed by atoms with Gasteiger partial charge in [0, 0.05) is 5.41 Å². The lowest BCUT2D eigenvalue weighted by Crippen LogP contribution is -2.34. The maximum absolute atomic E-state index is 13.4. The predicted molar refractivity (Wildman–Crippen MR) is 215 cm³/mol. The van der Waals surface area contributed by atoms with Gasteiger partial charge in [-0.15, -0.1) is 0 Å². The van der Waals surface area contributed by atoms with Crippen LogP contribution in [0.1, 0.15) is 151 Å². The first-order chi connectivity index (χ1) is 23.1. The number of esters is 1. The Hall–Kier alpha value is -3.22. The average molecular weight is 687 g/mol. The van der Waals surface area contributed by atoms with E-state index in [-0.39, 0.29) is 33.0 Å². The molecule has 1 spiro atoms. The van der Waals surface area contributed by atoms with E-state index in [4.69, 9.17) is 4.74 Å². The van der Waals surface area contributed by atoms with Crippen molar-refractivity contribution < 1.29 is 9.53 Å². The number of benzene rings is 4. The van der Waals surface area contributed by atoms with Gasteiger partial charge in [0.25, 0.3) is 0 Å². The number of carbonyl (C=O) groups excluding carboxylic acids is 1. The van der Waals surface area contributed by atoms with Crippen molar-refractivity contribution in [3.05, 3.63) is 123 Å². The van der Waals surface area contributed by atoms with Crippen LogP contribution in [0.2, 0.25) is 0 Å². The summed E-state index contributed by atoms with van der Waals surface area (Å²) < 4.78 is 5.41. The Morgan fingerprint density at radius 1 is 0.580 bits per heavy atom. The van der Waals surface area contributed by atoms with E-state index in [1.54, 1.807) is 0 Å². The molecular formula is C47H59O2P. The van der Waals surface area contributed by atoms with Crippen LogP contribution in [-0.4, -0.2) is 13.1 Å². The van der Waals surface area contributed by atoms with Gasteiger partial charge in [-0.1, -0.05) is 150 Å². The molecule has 0 aliphatic heterocycles. The van der Waals surface area contributed by atoms with E-state index >= 15 is 0 Å². The number of aryl methyl sites for hydroxylation is 2. The minimum Gasteiger partial charge on any atom is -0.465 e. The number of hydrogen-bond donors (Lipinski definition) is 0. The molecule has 2 aliphatic rings. The van der Waals surface area contributed by atoms with E-state index in [1.807, 2.05) is 12.1 Å². The third-order valence-corrected chi connectivity index (χ3v) is 13.7. The molecule has 1 atom stereocenters. The maximum atomic E-state index is 13.4. The van der Waals surface area contributed by atoms with Crippen LogP contribution in [0, 0.1) is 0 Å². The highest BCUT2D eigenvalue weighted by atomic mass is 31.1. The van der Waals surface area contributed by atoms with Crippen LogP contribution in [0.5, 0.6) is 0 Å². The highest BCUT2D eigenvalue weighted by molar-refractivity contribution is 7.80. The fraction of sp³-hybridized carbons (Fsp3) is 0.468. The van der Waals surface area contributed by atoms with Crippen LogP contribution in [-0.2, 0) is 44.7 Å². The number of fused-ring (bicyclic) bond motifs is 4. The number of ether oxygens (including phenoxy) is 1. The summed E-state index contributed by atoms with van der Waals surface area (Å²) in [6.07, 6.45) is 4.04. The number of rotatable bonds is 4. The Kier molecular flexibility index (Phi) is 9.12. The van der Waals surface area contributed by atoms with Gasteiger partial charge in [0.15, 0.2) is 0 Å². The second-order valence-corrected chi connectivity index (χ2v) is 21.3. The van der Waals surface area contributed by atoms with Gasteiger partial charge in [-0.05, 0) is 122 Å². The molecule has 264 valence electrons. The van der Waals surface area contributed by atoms with Crippen LogP contribution < -0.4 is 15.9 Å². The first-order valence-electron chi connectivity index (χ1n) is 18.6. The van der Waals surface area contributed by atoms with Crippen molar-refractivity contribution in [1.82, 2.24) is 0 Å². The van der Waals surface area contributed by atoms with E-state index in [2.05, 4.69) is 144 Å². The normalized spacial score (nSPS) is 17.7. The quantitative estimate of drug-likeness (QED) is 0.158. The Labute approximate surface area is 304 Å². The molecular weight excluding hydrogens is 627 g/mol. The summed E-state index contributed by atoms with van der Waals surface area (Å²) in [6.45, 7) is 28.1. The van der Waals surface area contributed by atoms with Gasteiger partial charge in [-0.2, -0.15) is 0 Å². The molecule has 0 saturated heterocycles. The standard InChI is InChI=1S/C47H59O2P/c1-43(2,3)32-24-33(44(4,5)6)27-36(26-32)50(37-28-34(45(7,8)9)25-35(29-37)46(10,11)12)39-19-15-17-31-21-23-47(41(31)39)22-20-30-16-14-18-38(40(30)47)42(48)49-13/h14-19,24-29H,20-23H2,1-13H3/t47-/m1/s1. The molecule has 2 nitrogen and oxygen atoms in total. The van der Waals surface area contributed by atoms with Crippen molar-refractivity contribution in [1.29, 1.82) is 0 Å². The van der Waals surface area contributed by atoms with E-state index < -0.39 is 7.92 Å². The van der Waals surface area contributed by atoms with E-state index in [1.165, 1.54) is 67.5 Å². The SMILES string of the molecule is COC(=O)c1cccc2c1[C@@]1(CC2)CCc2cccc(P(c3cc(C(C)(C)C)cc(C(C)(C)C)c3)c3cc(C(C)(C)C)cc(C(C)(C)C)c3)c21. The zero-order chi connectivity index (χ0) is 36.6. The zero-order valence-corrected chi connectivity index (χ0v) is 33.9. The molecule has 0 N–H and O–H groups in total. The molecule has 4 aromatic carbocycles. The lowest BCUT2D eigenvalue weighted by atomic mass is 9.75. The fourth-order valence-electron chi connectivity index (χ4n) is 8.27. The van der Waals surface area contributed by atoms with Crippen molar-refractivity contribution >= 4 is 29.8 Å². The molecule has 0 aromatic heterocycles. The molecule has 3 heteroatoms. The molecule has 0 radical (unpaired) electrons. The Balaban J connectivity index is 1.74. The molecule has 0 bridgehead atoms. The van der Waals surface area contributed by atoms with E-state index in [0.717, 1.165) is 31.2 Å². The summed E-state index contributed by atoms with van der Waals surface area (Å²) in [6, 6.07) is 28.4. The smallest absolute Gasteiger partial charge is 0.338 e. The second kappa shape index (κ2) is 12.5. The minimum atomic E-state index is -0.978. The van der Waals surface area contributed by atoms with Crippen LogP contribution in [0.15, 0.2) is 72.8 Å². The topological polar surface area (TPSA) is 26.3 Å². The third kappa shape index (κ3) is 6.51. The van der Waals surface area contributed by atoms with Gasteiger partial charge >= 0.3 is 5.97 Å². The maximum Gasteiger partial charge on any atom is 0.338 e. The van der Waals surface area contributed by atoms with E-state index in [0.29, 0.717) is 0 Å². The molecule has 0 saturated carbocycles. The van der Waals surface area contributed by atoms with Crippen molar-refractivity contribution in [2.24, 2.45) is 0 Å². The van der Waals surface area contributed by atoms with Gasteiger partial charge in [0.2, 0.25) is 0 Å². The summed E-state index contributed by atoms with van der Waals surface area (Å²) in [4.78, 5) is 13.4. The zero-order valence-electron chi connectivity index (χ0n) is 33.0. The predicted octanol–water partition coefficient (Wildman–Crippen LogP) is 10.6. The first-order valence-corrected chi connectivity index (χ1v) is 19.9. The van der Waals surface area contributed by atoms with Gasteiger partial charge in [0.1, 0.15) is 0 Å². The Morgan fingerprint density at radius 2 is 0.980 bits per heavy atom. The van der Waals surface area contributed by atoms with Crippen molar-refractivity contribution in [2.45, 2.75) is 136 Å². The van der Waals surface area contributed by atoms with Gasteiger partial charge in [-0.25, -0.2) is 4.79 Å². The van der Waals surface area contributed by atoms with Gasteiger partial charge < -0.3 is 4.74 Å². The fourth-order valence-corrected chi connectivity index (χ4v) is 11.0. The summed E-state index contributed by atoms with van der Waals surface area (Å²) in [7, 11) is 0.536. The van der Waals surface area contributed by atoms with Crippen molar-refractivity contribution in [3.8, 4) is 0 Å². The van der Waals surface area contributed by atoms with Crippen molar-refractivity contribution in [3.63, 3.8) is 0 Å². The molecule has 0 heterocycles. The highest BCUT2D eigenvalue weighted by Gasteiger charge is 2.49. The molecule has 0 unspecified atom stereocenters. The van der Waals surface area contributed by atoms with Crippen LogP contribution in [0.3, 0.4) is 0 Å². The van der Waals surface area contributed by atoms with Crippen LogP contribution in [0.25, 0.3) is 0 Å². The molecule has 0 fully saturated rings. The van der Waals surface area contributed by atoms with Crippen LogP contribution >= 0.6 is 7.92 Å². The van der Waals surface area contributed by atoms with Gasteiger partial charge in [-0.3, -0.25) is 0 Å². The largest absolute Gasteiger partial charge is 0.465 e. The number of methoxy groups -OCH3 is 1. The Bertz CT molecular complexity index is 1810. The van der Waals surface area contributed by atoms with E-state index in [9.17, 15) is 4.79 Å². The number of carbonyl (C=O) groups is 1. The molecule has 50 heavy (non-hydrogen) atoms. The third-order valence-electron chi connectivity index (χ3n) is 11.3. The average Bonchev–Trinajstić information content (AvgIpc) is 3.60. The highest BCUT2D eigenvalue weighted by Crippen LogP contribution is 2.55. The molecule has 2 aliphatic carbocycles. The lowest BCUT2D eigenvalue weighted by molar-refractivity contribution is 0.0598. The summed E-state index contributed by atoms with van der Waals surface area (Å²) in [5.41, 5.74) is 11.5. The molecule has 0 amide bonds. The monoisotopic (exact) mass is 686 g/mol. The number of hydrogen-bond acceptors (Lipinski definition) is 2. The summed E-state index contributed by atoms with van der Waals surface area (Å²) in [5, 5.41) is 4.27. The minimum absolute atomic E-state index is 0.000503. The van der Waals surface area contributed by atoms with Crippen LogP contribution in [0.4, 0.5) is 0 Å². The first kappa shape index (κ1) is 36.6. The molecule has 4 aromatic rings.